The first-order valence-electron chi connectivity index (χ1n) is 2.38. The second-order valence-corrected chi connectivity index (χ2v) is 1.56. The fourth-order valence-electron chi connectivity index (χ4n) is 0.508. The van der Waals surface area contributed by atoms with Crippen molar-refractivity contribution in [3.8, 4) is 0 Å². The van der Waals surface area contributed by atoms with Gasteiger partial charge in [0.2, 0.25) is 0 Å². The summed E-state index contributed by atoms with van der Waals surface area (Å²) in [6.07, 6.45) is 1.45. The topological polar surface area (TPSA) is 46.7 Å². The van der Waals surface area contributed by atoms with E-state index in [1.54, 1.807) is 0 Å². The van der Waals surface area contributed by atoms with Crippen LogP contribution in [0.1, 0.15) is 6.92 Å². The molecule has 1 N–H and O–H groups in total. The van der Waals surface area contributed by atoms with Gasteiger partial charge in [0.1, 0.15) is 6.34 Å². The van der Waals surface area contributed by atoms with Gasteiger partial charge in [-0.25, -0.2) is 10.3 Å². The molecule has 0 fully saturated rings. The number of hydrogen-bond donors (Lipinski definition) is 1. The lowest BCUT2D eigenvalue weighted by Gasteiger charge is -1.89. The van der Waals surface area contributed by atoms with Crippen molar-refractivity contribution in [2.45, 2.75) is 6.92 Å². The van der Waals surface area contributed by atoms with E-state index >= 15 is 0 Å². The Morgan fingerprint density at radius 1 is 1.75 bits per heavy atom. The van der Waals surface area contributed by atoms with Crippen molar-refractivity contribution in [1.82, 2.24) is 5.32 Å². The Bertz CT molecular complexity index is 149. The molecular weight excluding hydrogens is 104 g/mol. The van der Waals surface area contributed by atoms with Gasteiger partial charge < -0.3 is 5.11 Å². The first kappa shape index (κ1) is 5.31. The van der Waals surface area contributed by atoms with E-state index in [0.717, 1.165) is 5.70 Å². The standard InChI is InChI=1S/C5H7N2O/c1-4-5(2-8)7-3-6-4/h3,8H,2H2,1H3. The van der Waals surface area contributed by atoms with Crippen LogP contribution >= 0.6 is 0 Å². The number of hydrogen-bond acceptors (Lipinski definition) is 2. The monoisotopic (exact) mass is 111 g/mol. The van der Waals surface area contributed by atoms with Gasteiger partial charge >= 0.3 is 0 Å². The third-order valence-electron chi connectivity index (χ3n) is 1.03. The second kappa shape index (κ2) is 1.96. The van der Waals surface area contributed by atoms with Crippen molar-refractivity contribution in [3.63, 3.8) is 0 Å². The van der Waals surface area contributed by atoms with Crippen LogP contribution in [0.25, 0.3) is 0 Å². The van der Waals surface area contributed by atoms with Crippen LogP contribution in [0.2, 0.25) is 0 Å². The van der Waals surface area contributed by atoms with Crippen LogP contribution in [0, 0.1) is 0 Å². The van der Waals surface area contributed by atoms with E-state index in [4.69, 9.17) is 5.11 Å². The number of allylic oxidation sites excluding steroid dienone is 1. The van der Waals surface area contributed by atoms with Crippen LogP contribution in [0.5, 0.6) is 0 Å². The lowest BCUT2D eigenvalue weighted by Crippen LogP contribution is -1.93. The average molecular weight is 111 g/mol. The normalized spacial score (nSPS) is 17.2. The molecule has 43 valence electrons. The third kappa shape index (κ3) is 0.721. The summed E-state index contributed by atoms with van der Waals surface area (Å²) < 4.78 is 0. The van der Waals surface area contributed by atoms with Crippen molar-refractivity contribution in [2.75, 3.05) is 6.61 Å². The summed E-state index contributed by atoms with van der Waals surface area (Å²) in [6, 6.07) is 0. The van der Waals surface area contributed by atoms with Crippen LogP contribution in [0.3, 0.4) is 0 Å². The predicted molar refractivity (Wildman–Crippen MR) is 30.4 cm³/mol. The molecule has 8 heavy (non-hydrogen) atoms. The van der Waals surface area contributed by atoms with E-state index in [9.17, 15) is 0 Å². The SMILES string of the molecule is CC1=C(CO)N=C[N]1. The molecule has 0 aromatic rings. The number of aliphatic imine (C=N–C) groups is 1. The van der Waals surface area contributed by atoms with E-state index in [1.165, 1.54) is 6.34 Å². The zero-order valence-electron chi connectivity index (χ0n) is 4.63. The van der Waals surface area contributed by atoms with E-state index in [2.05, 4.69) is 10.3 Å². The van der Waals surface area contributed by atoms with Crippen LogP contribution in [-0.2, 0) is 0 Å². The fourth-order valence-corrected chi connectivity index (χ4v) is 0.508. The minimum atomic E-state index is -0.00810. The molecule has 1 aliphatic rings. The maximum Gasteiger partial charge on any atom is 0.116 e. The second-order valence-electron chi connectivity index (χ2n) is 1.56. The van der Waals surface area contributed by atoms with Gasteiger partial charge in [0.05, 0.1) is 18.0 Å². The van der Waals surface area contributed by atoms with Crippen molar-refractivity contribution >= 4 is 6.34 Å². The van der Waals surface area contributed by atoms with Gasteiger partial charge in [-0.15, -0.1) is 0 Å². The molecule has 0 amide bonds. The van der Waals surface area contributed by atoms with E-state index in [-0.39, 0.29) is 6.61 Å². The van der Waals surface area contributed by atoms with Crippen molar-refractivity contribution in [2.24, 2.45) is 4.99 Å². The van der Waals surface area contributed by atoms with Gasteiger partial charge in [-0.05, 0) is 6.92 Å². The van der Waals surface area contributed by atoms with Gasteiger partial charge in [0.15, 0.2) is 0 Å². The minimum Gasteiger partial charge on any atom is -0.390 e. The molecule has 0 bridgehead atoms. The molecule has 0 saturated carbocycles. The Kier molecular flexibility index (Phi) is 1.30. The molecule has 1 aliphatic heterocycles. The number of rotatable bonds is 1. The summed E-state index contributed by atoms with van der Waals surface area (Å²) >= 11 is 0. The smallest absolute Gasteiger partial charge is 0.116 e. The van der Waals surface area contributed by atoms with Crippen LogP contribution < -0.4 is 5.32 Å². The van der Waals surface area contributed by atoms with E-state index < -0.39 is 0 Å². The average Bonchev–Trinajstić information content (AvgIpc) is 2.14. The molecule has 0 aliphatic carbocycles. The van der Waals surface area contributed by atoms with Crippen molar-refractivity contribution < 1.29 is 5.11 Å². The predicted octanol–water partition coefficient (Wildman–Crippen LogP) is -0.144. The lowest BCUT2D eigenvalue weighted by molar-refractivity contribution is 0.329. The first-order chi connectivity index (χ1) is 3.84. The quantitative estimate of drug-likeness (QED) is 0.502. The Labute approximate surface area is 47.7 Å². The molecule has 0 aromatic heterocycles. The Morgan fingerprint density at radius 3 is 2.75 bits per heavy atom. The highest BCUT2D eigenvalue weighted by atomic mass is 16.3. The highest BCUT2D eigenvalue weighted by Gasteiger charge is 2.03. The molecule has 0 saturated heterocycles. The lowest BCUT2D eigenvalue weighted by atomic mass is 10.4. The highest BCUT2D eigenvalue weighted by Crippen LogP contribution is 2.05. The summed E-state index contributed by atoms with van der Waals surface area (Å²) in [6.45, 7) is 1.81. The molecule has 0 atom stereocenters. The molecular formula is C5H7N2O. The largest absolute Gasteiger partial charge is 0.390 e. The molecule has 1 rings (SSSR count). The highest BCUT2D eigenvalue weighted by molar-refractivity contribution is 5.62. The minimum absolute atomic E-state index is 0.00810. The zero-order valence-corrected chi connectivity index (χ0v) is 4.63. The van der Waals surface area contributed by atoms with Gasteiger partial charge in [0, 0.05) is 0 Å². The van der Waals surface area contributed by atoms with Crippen LogP contribution in [0.4, 0.5) is 0 Å². The third-order valence-corrected chi connectivity index (χ3v) is 1.03. The van der Waals surface area contributed by atoms with Crippen molar-refractivity contribution in [1.29, 1.82) is 0 Å². The molecule has 0 unspecified atom stereocenters. The van der Waals surface area contributed by atoms with Gasteiger partial charge in [-0.2, -0.15) is 0 Å². The molecule has 3 heteroatoms. The maximum absolute atomic E-state index is 8.50. The molecule has 3 nitrogen and oxygen atoms in total. The fraction of sp³-hybridized carbons (Fsp3) is 0.400. The van der Waals surface area contributed by atoms with Gasteiger partial charge in [0.25, 0.3) is 0 Å². The molecule has 1 radical (unpaired) electrons. The van der Waals surface area contributed by atoms with Gasteiger partial charge in [-0.3, -0.25) is 0 Å². The van der Waals surface area contributed by atoms with Crippen LogP contribution in [-0.4, -0.2) is 18.1 Å². The van der Waals surface area contributed by atoms with E-state index in [0.29, 0.717) is 5.70 Å². The van der Waals surface area contributed by atoms with Crippen molar-refractivity contribution in [3.05, 3.63) is 11.4 Å². The Hall–Kier alpha value is -0.830. The summed E-state index contributed by atoms with van der Waals surface area (Å²) in [5.41, 5.74) is 1.48. The summed E-state index contributed by atoms with van der Waals surface area (Å²) in [5.74, 6) is 0. The first-order valence-corrected chi connectivity index (χ1v) is 2.38. The summed E-state index contributed by atoms with van der Waals surface area (Å²) in [5, 5.41) is 12.3. The molecule has 0 aromatic carbocycles. The number of aliphatic hydroxyl groups excluding tert-OH is 1. The summed E-state index contributed by atoms with van der Waals surface area (Å²) in [4.78, 5) is 3.77. The zero-order chi connectivity index (χ0) is 5.98. The number of aliphatic hydroxyl groups is 1. The Morgan fingerprint density at radius 2 is 2.50 bits per heavy atom. The van der Waals surface area contributed by atoms with E-state index in [1.807, 2.05) is 6.92 Å². The molecule has 1 heterocycles. The Balaban J connectivity index is 2.70. The van der Waals surface area contributed by atoms with Gasteiger partial charge in [-0.1, -0.05) is 0 Å². The summed E-state index contributed by atoms with van der Waals surface area (Å²) in [7, 11) is 0. The maximum atomic E-state index is 8.50. The molecule has 0 spiro atoms. The van der Waals surface area contributed by atoms with Crippen LogP contribution in [0.15, 0.2) is 16.4 Å². The number of nitrogens with zero attached hydrogens (tertiary/aromatic N) is 2.